The first-order valence-corrected chi connectivity index (χ1v) is 9.40. The Balaban J connectivity index is 1.41. The van der Waals surface area contributed by atoms with Crippen LogP contribution in [0.15, 0.2) is 72.3 Å². The first kappa shape index (κ1) is 17.5. The third-order valence-corrected chi connectivity index (χ3v) is 5.38. The van der Waals surface area contributed by atoms with Gasteiger partial charge in [-0.25, -0.2) is 9.18 Å². The molecule has 1 aromatic heterocycles. The Bertz CT molecular complexity index is 1090. The van der Waals surface area contributed by atoms with E-state index in [-0.39, 0.29) is 17.9 Å². The lowest BCUT2D eigenvalue weighted by Crippen LogP contribution is -2.48. The van der Waals surface area contributed by atoms with Crippen LogP contribution < -0.4 is 10.6 Å². The van der Waals surface area contributed by atoms with E-state index in [1.165, 1.54) is 18.6 Å². The number of benzene rings is 1. The molecule has 0 bridgehead atoms. The van der Waals surface area contributed by atoms with Crippen LogP contribution in [0, 0.1) is 0 Å². The van der Waals surface area contributed by atoms with Crippen LogP contribution in [0.25, 0.3) is 10.9 Å². The molecule has 1 unspecified atom stereocenters. The molecule has 2 amide bonds. The second-order valence-electron chi connectivity index (χ2n) is 7.27. The van der Waals surface area contributed by atoms with Crippen LogP contribution in [-0.4, -0.2) is 27.9 Å². The highest BCUT2D eigenvalue weighted by Crippen LogP contribution is 2.41. The molecule has 7 nitrogen and oxygen atoms in total. The molecule has 0 saturated heterocycles. The number of aromatic nitrogens is 2. The summed E-state index contributed by atoms with van der Waals surface area (Å²) in [7, 11) is 0. The highest BCUT2D eigenvalue weighted by atomic mass is 19.1. The average molecular weight is 394 g/mol. The normalized spacial score (nSPS) is 22.0. The Kier molecular flexibility index (Phi) is 4.12. The van der Waals surface area contributed by atoms with Crippen molar-refractivity contribution in [3.8, 4) is 0 Å². The molecule has 1 atom stereocenters. The largest absolute Gasteiger partial charge is 0.479 e. The van der Waals surface area contributed by atoms with E-state index in [1.807, 2.05) is 18.2 Å². The van der Waals surface area contributed by atoms with Gasteiger partial charge in [-0.15, -0.1) is 0 Å². The van der Waals surface area contributed by atoms with Crippen LogP contribution in [0.4, 0.5) is 14.9 Å². The van der Waals surface area contributed by atoms with Gasteiger partial charge in [0, 0.05) is 24.3 Å². The van der Waals surface area contributed by atoms with Crippen molar-refractivity contribution in [1.29, 1.82) is 0 Å². The van der Waals surface area contributed by atoms with Gasteiger partial charge in [-0.3, -0.25) is 5.10 Å². The fraction of sp³-hybridized carbons (Fsp3) is 0.238. The molecule has 8 heteroatoms. The predicted molar refractivity (Wildman–Crippen MR) is 105 cm³/mol. The van der Waals surface area contributed by atoms with Crippen molar-refractivity contribution in [2.45, 2.75) is 30.9 Å². The lowest BCUT2D eigenvalue weighted by molar-refractivity contribution is 0.0511. The number of urea groups is 1. The van der Waals surface area contributed by atoms with Gasteiger partial charge in [0.1, 0.15) is 11.6 Å². The van der Waals surface area contributed by atoms with Gasteiger partial charge in [0.25, 0.3) is 0 Å². The number of nitrogens with one attached hydrogen (secondary N) is 3. The van der Waals surface area contributed by atoms with Crippen LogP contribution in [0.1, 0.15) is 19.3 Å². The number of allylic oxidation sites excluding steroid dienone is 2. The van der Waals surface area contributed by atoms with Crippen LogP contribution in [0.2, 0.25) is 0 Å². The number of anilines is 1. The minimum Gasteiger partial charge on any atom is -0.479 e. The first-order valence-electron chi connectivity index (χ1n) is 9.40. The lowest BCUT2D eigenvalue weighted by atomic mass is 9.83. The molecule has 0 saturated carbocycles. The molecule has 0 radical (unpaired) electrons. The molecule has 1 aromatic carbocycles. The zero-order valence-electron chi connectivity index (χ0n) is 15.4. The number of fused-ring (bicyclic) bond motifs is 1. The molecule has 1 aliphatic carbocycles. The zero-order valence-corrected chi connectivity index (χ0v) is 15.4. The summed E-state index contributed by atoms with van der Waals surface area (Å²) in [6.07, 6.45) is 11.0. The molecule has 2 aliphatic heterocycles. The van der Waals surface area contributed by atoms with E-state index in [1.54, 1.807) is 18.3 Å². The summed E-state index contributed by atoms with van der Waals surface area (Å²) in [5.41, 5.74) is 1.60. The number of amides is 2. The number of hydrogen-bond donors (Lipinski definition) is 3. The van der Waals surface area contributed by atoms with Crippen molar-refractivity contribution in [2.24, 2.45) is 0 Å². The smallest absolute Gasteiger partial charge is 0.319 e. The Morgan fingerprint density at radius 2 is 2.14 bits per heavy atom. The second-order valence-corrected chi connectivity index (χ2v) is 7.27. The number of ether oxygens (including phenoxy) is 2. The van der Waals surface area contributed by atoms with Gasteiger partial charge >= 0.3 is 6.03 Å². The summed E-state index contributed by atoms with van der Waals surface area (Å²) in [6.45, 7) is 0. The fourth-order valence-electron chi connectivity index (χ4n) is 3.96. The van der Waals surface area contributed by atoms with Crippen molar-refractivity contribution in [1.82, 2.24) is 15.5 Å². The molecule has 0 fully saturated rings. The Hall–Kier alpha value is -3.55. The average Bonchev–Trinajstić information content (AvgIpc) is 3.18. The molecule has 3 heterocycles. The highest BCUT2D eigenvalue weighted by Gasteiger charge is 2.41. The lowest BCUT2D eigenvalue weighted by Gasteiger charge is -2.41. The number of H-pyrrole nitrogens is 1. The fourth-order valence-corrected chi connectivity index (χ4v) is 3.96. The van der Waals surface area contributed by atoms with Crippen LogP contribution in [0.5, 0.6) is 0 Å². The molecule has 2 aromatic rings. The first-order chi connectivity index (χ1) is 14.1. The topological polar surface area (TPSA) is 88.3 Å². The summed E-state index contributed by atoms with van der Waals surface area (Å²) in [6, 6.07) is 4.89. The predicted octanol–water partition coefficient (Wildman–Crippen LogP) is 4.17. The van der Waals surface area contributed by atoms with Gasteiger partial charge in [0.15, 0.2) is 5.60 Å². The van der Waals surface area contributed by atoms with E-state index >= 15 is 0 Å². The molecule has 3 N–H and O–H groups in total. The van der Waals surface area contributed by atoms with Crippen molar-refractivity contribution < 1.29 is 18.7 Å². The maximum absolute atomic E-state index is 13.9. The van der Waals surface area contributed by atoms with E-state index in [4.69, 9.17) is 9.47 Å². The summed E-state index contributed by atoms with van der Waals surface area (Å²) in [4.78, 5) is 12.8. The summed E-state index contributed by atoms with van der Waals surface area (Å²) in [5, 5.41) is 13.6. The molecule has 3 aliphatic rings. The maximum Gasteiger partial charge on any atom is 0.319 e. The standard InChI is InChI=1S/C21H19FN4O3/c22-13-4-5-14-18(11-21(29-19(14)10-13)6-8-28-9-7-21)25-20(27)24-16-2-1-3-17-15(16)12-23-26-17/h1-3,6-10,12,18H,4-5,11H2,(H,23,26)(H2,24,25,27). The van der Waals surface area contributed by atoms with Crippen molar-refractivity contribution in [2.75, 3.05) is 5.32 Å². The van der Waals surface area contributed by atoms with Gasteiger partial charge in [0.2, 0.25) is 0 Å². The third kappa shape index (κ3) is 3.26. The summed E-state index contributed by atoms with van der Waals surface area (Å²) < 4.78 is 25.1. The van der Waals surface area contributed by atoms with Crippen molar-refractivity contribution >= 4 is 22.6 Å². The van der Waals surface area contributed by atoms with Crippen molar-refractivity contribution in [3.63, 3.8) is 0 Å². The number of carbonyl (C=O) groups excluding carboxylic acids is 1. The highest BCUT2D eigenvalue weighted by molar-refractivity contribution is 6.00. The SMILES string of the molecule is O=C(Nc1cccc2[nH]ncc12)NC1CC2(C=COC=C2)OC2=C1CCC(F)=C2. The molecule has 148 valence electrons. The van der Waals surface area contributed by atoms with E-state index in [9.17, 15) is 9.18 Å². The molecule has 29 heavy (non-hydrogen) atoms. The summed E-state index contributed by atoms with van der Waals surface area (Å²) in [5.74, 6) is 0.245. The third-order valence-electron chi connectivity index (χ3n) is 5.38. The Labute approximate surface area is 165 Å². The Morgan fingerprint density at radius 3 is 3.00 bits per heavy atom. The zero-order chi connectivity index (χ0) is 19.8. The number of carbonyl (C=O) groups is 1. The van der Waals surface area contributed by atoms with Crippen LogP contribution in [0.3, 0.4) is 0 Å². The van der Waals surface area contributed by atoms with Gasteiger partial charge < -0.3 is 20.1 Å². The van der Waals surface area contributed by atoms with Gasteiger partial charge in [0.05, 0.1) is 36.0 Å². The molecule has 5 rings (SSSR count). The van der Waals surface area contributed by atoms with Gasteiger partial charge in [-0.2, -0.15) is 5.10 Å². The van der Waals surface area contributed by atoms with Gasteiger partial charge in [-0.1, -0.05) is 6.07 Å². The number of rotatable bonds is 2. The van der Waals surface area contributed by atoms with E-state index < -0.39 is 5.60 Å². The molecular weight excluding hydrogens is 375 g/mol. The van der Waals surface area contributed by atoms with E-state index in [0.29, 0.717) is 30.7 Å². The van der Waals surface area contributed by atoms with Crippen LogP contribution >= 0.6 is 0 Å². The van der Waals surface area contributed by atoms with Gasteiger partial charge in [-0.05, 0) is 36.3 Å². The number of halogens is 1. The molecule has 1 spiro atoms. The second kappa shape index (κ2) is 6.80. The minimum atomic E-state index is -0.784. The minimum absolute atomic E-state index is 0.226. The number of nitrogens with zero attached hydrogens (tertiary/aromatic N) is 1. The Morgan fingerprint density at radius 1 is 1.28 bits per heavy atom. The number of aromatic amines is 1. The maximum atomic E-state index is 13.9. The van der Waals surface area contributed by atoms with E-state index in [2.05, 4.69) is 20.8 Å². The summed E-state index contributed by atoms with van der Waals surface area (Å²) >= 11 is 0. The quantitative estimate of drug-likeness (QED) is 0.713. The number of hydrogen-bond acceptors (Lipinski definition) is 4. The van der Waals surface area contributed by atoms with Crippen molar-refractivity contribution in [3.05, 3.63) is 72.3 Å². The van der Waals surface area contributed by atoms with E-state index in [0.717, 1.165) is 16.5 Å². The molecular formula is C21H19FN4O3. The monoisotopic (exact) mass is 394 g/mol. The van der Waals surface area contributed by atoms with Crippen LogP contribution in [-0.2, 0) is 9.47 Å².